The molecule has 1 fully saturated rings. The second-order valence-electron chi connectivity index (χ2n) is 7.92. The molecule has 0 aliphatic carbocycles. The van der Waals surface area contributed by atoms with E-state index in [1.54, 1.807) is 24.3 Å². The van der Waals surface area contributed by atoms with Crippen LogP contribution in [0.2, 0.25) is 5.02 Å². The number of piperazine rings is 1. The Kier molecular flexibility index (Phi) is 7.56. The summed E-state index contributed by atoms with van der Waals surface area (Å²) in [7, 11) is -3.99. The normalized spacial score (nSPS) is 14.7. The number of ether oxygens (including phenoxy) is 1. The molecule has 1 aliphatic rings. The van der Waals surface area contributed by atoms with Crippen molar-refractivity contribution in [3.63, 3.8) is 0 Å². The average Bonchev–Trinajstić information content (AvgIpc) is 3.29. The summed E-state index contributed by atoms with van der Waals surface area (Å²) in [5.74, 6) is -1.49. The first-order chi connectivity index (χ1) is 16.6. The summed E-state index contributed by atoms with van der Waals surface area (Å²) < 4.78 is 46.2. The number of nitrogens with zero attached hydrogens (tertiary/aromatic N) is 2. The number of carbonyl (C=O) groups excluding carboxylic acids is 2. The largest absolute Gasteiger partial charge is 0.454 e. The molecule has 0 radical (unpaired) electrons. The summed E-state index contributed by atoms with van der Waals surface area (Å²) in [6, 6.07) is 13.3. The van der Waals surface area contributed by atoms with E-state index in [4.69, 9.17) is 16.3 Å². The van der Waals surface area contributed by atoms with Gasteiger partial charge in [0.1, 0.15) is 10.7 Å². The number of ketones is 1. The van der Waals surface area contributed by atoms with E-state index in [1.165, 1.54) is 46.0 Å². The van der Waals surface area contributed by atoms with Crippen LogP contribution in [0, 0.1) is 12.7 Å². The maximum atomic E-state index is 13.3. The molecule has 0 atom stereocenters. The highest BCUT2D eigenvalue weighted by molar-refractivity contribution is 7.89. The summed E-state index contributed by atoms with van der Waals surface area (Å²) in [5.41, 5.74) is 0.784. The van der Waals surface area contributed by atoms with Crippen molar-refractivity contribution in [2.45, 2.75) is 11.8 Å². The van der Waals surface area contributed by atoms with E-state index in [0.29, 0.717) is 18.0 Å². The first kappa shape index (κ1) is 25.3. The zero-order valence-corrected chi connectivity index (χ0v) is 21.1. The molecule has 1 aliphatic heterocycles. The lowest BCUT2D eigenvalue weighted by Crippen LogP contribution is -2.48. The minimum absolute atomic E-state index is 0.0203. The van der Waals surface area contributed by atoms with Crippen molar-refractivity contribution < 1.29 is 27.1 Å². The minimum atomic E-state index is -3.99. The summed E-state index contributed by atoms with van der Waals surface area (Å²) in [5, 5.41) is -0.0207. The van der Waals surface area contributed by atoms with Gasteiger partial charge in [-0.1, -0.05) is 11.6 Å². The van der Waals surface area contributed by atoms with E-state index < -0.39 is 22.6 Å². The maximum absolute atomic E-state index is 13.3. The number of rotatable bonds is 7. The summed E-state index contributed by atoms with van der Waals surface area (Å²) in [4.78, 5) is 27.9. The molecule has 184 valence electrons. The fraction of sp³-hybridized carbons (Fsp3) is 0.250. The van der Waals surface area contributed by atoms with Gasteiger partial charge in [-0.15, -0.1) is 11.3 Å². The van der Waals surface area contributed by atoms with Gasteiger partial charge in [-0.2, -0.15) is 4.31 Å². The van der Waals surface area contributed by atoms with Crippen LogP contribution >= 0.6 is 22.9 Å². The number of esters is 1. The van der Waals surface area contributed by atoms with Crippen LogP contribution in [0.4, 0.5) is 10.1 Å². The highest BCUT2D eigenvalue weighted by Gasteiger charge is 2.31. The topological polar surface area (TPSA) is 84.0 Å². The van der Waals surface area contributed by atoms with Crippen LogP contribution in [-0.2, 0) is 14.8 Å². The van der Waals surface area contributed by atoms with Crippen molar-refractivity contribution in [3.05, 3.63) is 80.8 Å². The van der Waals surface area contributed by atoms with Gasteiger partial charge in [-0.05, 0) is 61.5 Å². The van der Waals surface area contributed by atoms with Crippen molar-refractivity contribution in [3.8, 4) is 0 Å². The van der Waals surface area contributed by atoms with Crippen LogP contribution in [0.1, 0.15) is 24.9 Å². The standard InChI is InChI=1S/C24H22ClFN2O5S2/c1-16-2-9-22(34-16)21(29)15-33-24(30)17-3-8-20(25)23(14-17)35(31,32)28-12-10-27(11-13-28)19-6-4-18(26)5-7-19/h2-9,14H,10-13,15H2,1H3. The number of hydrogen-bond acceptors (Lipinski definition) is 7. The molecule has 11 heteroatoms. The smallest absolute Gasteiger partial charge is 0.338 e. The van der Waals surface area contributed by atoms with Gasteiger partial charge in [0.15, 0.2) is 6.61 Å². The highest BCUT2D eigenvalue weighted by Crippen LogP contribution is 2.28. The number of Topliss-reactive ketones (excluding diaryl/α,β-unsaturated/α-hetero) is 1. The molecule has 2 aromatic carbocycles. The molecule has 0 unspecified atom stereocenters. The molecule has 4 rings (SSSR count). The van der Waals surface area contributed by atoms with Crippen molar-refractivity contribution in [1.82, 2.24) is 4.31 Å². The number of sulfonamides is 1. The van der Waals surface area contributed by atoms with Gasteiger partial charge < -0.3 is 9.64 Å². The number of carbonyl (C=O) groups is 2. The molecule has 0 amide bonds. The Labute approximate surface area is 211 Å². The molecular weight excluding hydrogens is 515 g/mol. The van der Waals surface area contributed by atoms with Crippen molar-refractivity contribution >= 4 is 50.4 Å². The molecular formula is C24H22ClFN2O5S2. The van der Waals surface area contributed by atoms with Crippen molar-refractivity contribution in [2.24, 2.45) is 0 Å². The summed E-state index contributed by atoms with van der Waals surface area (Å²) >= 11 is 7.50. The lowest BCUT2D eigenvalue weighted by atomic mass is 10.2. The lowest BCUT2D eigenvalue weighted by molar-refractivity contribution is 0.0475. The van der Waals surface area contributed by atoms with Gasteiger partial charge in [0.2, 0.25) is 15.8 Å². The summed E-state index contributed by atoms with van der Waals surface area (Å²) in [6.07, 6.45) is 0. The second kappa shape index (κ2) is 10.4. The lowest BCUT2D eigenvalue weighted by Gasteiger charge is -2.35. The van der Waals surface area contributed by atoms with Crippen molar-refractivity contribution in [2.75, 3.05) is 37.7 Å². The Morgan fingerprint density at radius 1 is 1.03 bits per heavy atom. The van der Waals surface area contributed by atoms with Crippen LogP contribution in [0.15, 0.2) is 59.5 Å². The molecule has 2 heterocycles. The van der Waals surface area contributed by atoms with E-state index >= 15 is 0 Å². The minimum Gasteiger partial charge on any atom is -0.454 e. The molecule has 1 aromatic heterocycles. The van der Waals surface area contributed by atoms with Gasteiger partial charge in [-0.25, -0.2) is 17.6 Å². The Bertz CT molecular complexity index is 1350. The number of thiophene rings is 1. The van der Waals surface area contributed by atoms with Gasteiger partial charge >= 0.3 is 5.97 Å². The third kappa shape index (κ3) is 5.72. The monoisotopic (exact) mass is 536 g/mol. The fourth-order valence-electron chi connectivity index (χ4n) is 3.68. The Morgan fingerprint density at radius 2 is 1.71 bits per heavy atom. The van der Waals surface area contributed by atoms with E-state index in [-0.39, 0.29) is 40.2 Å². The molecule has 7 nitrogen and oxygen atoms in total. The van der Waals surface area contributed by atoms with Crippen LogP contribution in [0.25, 0.3) is 0 Å². The Balaban J connectivity index is 1.44. The van der Waals surface area contributed by atoms with Crippen LogP contribution in [-0.4, -0.2) is 57.3 Å². The van der Waals surface area contributed by atoms with E-state index in [1.807, 2.05) is 11.8 Å². The molecule has 0 saturated carbocycles. The Morgan fingerprint density at radius 3 is 2.34 bits per heavy atom. The molecule has 0 spiro atoms. The predicted octanol–water partition coefficient (Wildman–Crippen LogP) is 4.40. The van der Waals surface area contributed by atoms with Gasteiger partial charge in [-0.3, -0.25) is 4.79 Å². The molecule has 1 saturated heterocycles. The number of hydrogen-bond donors (Lipinski definition) is 0. The average molecular weight is 537 g/mol. The SMILES string of the molecule is Cc1ccc(C(=O)COC(=O)c2ccc(Cl)c(S(=O)(=O)N3CCN(c4ccc(F)cc4)CC3)c2)s1. The summed E-state index contributed by atoms with van der Waals surface area (Å²) in [6.45, 7) is 2.63. The van der Waals surface area contributed by atoms with Gasteiger partial charge in [0.25, 0.3) is 0 Å². The third-order valence-electron chi connectivity index (χ3n) is 5.56. The highest BCUT2D eigenvalue weighted by atomic mass is 35.5. The Hall–Kier alpha value is -2.79. The molecule has 0 N–H and O–H groups in total. The molecule has 35 heavy (non-hydrogen) atoms. The molecule has 0 bridgehead atoms. The fourth-order valence-corrected chi connectivity index (χ4v) is 6.39. The molecule has 3 aromatic rings. The first-order valence-corrected chi connectivity index (χ1v) is 13.4. The number of anilines is 1. The van der Waals surface area contributed by atoms with Crippen molar-refractivity contribution in [1.29, 1.82) is 0 Å². The first-order valence-electron chi connectivity index (χ1n) is 10.7. The predicted molar refractivity (Wildman–Crippen MR) is 132 cm³/mol. The number of benzene rings is 2. The third-order valence-corrected chi connectivity index (χ3v) is 8.99. The number of aryl methyl sites for hydroxylation is 1. The van der Waals surface area contributed by atoms with E-state index in [9.17, 15) is 22.4 Å². The van der Waals surface area contributed by atoms with Crippen LogP contribution < -0.4 is 4.90 Å². The van der Waals surface area contributed by atoms with E-state index in [0.717, 1.165) is 10.6 Å². The van der Waals surface area contributed by atoms with Crippen LogP contribution in [0.5, 0.6) is 0 Å². The van der Waals surface area contributed by atoms with E-state index in [2.05, 4.69) is 0 Å². The quantitative estimate of drug-likeness (QED) is 0.329. The van der Waals surface area contributed by atoms with Gasteiger partial charge in [0, 0.05) is 36.7 Å². The number of halogens is 2. The second-order valence-corrected chi connectivity index (χ2v) is 11.5. The zero-order chi connectivity index (χ0) is 25.2. The zero-order valence-electron chi connectivity index (χ0n) is 18.7. The maximum Gasteiger partial charge on any atom is 0.338 e. The van der Waals surface area contributed by atoms with Gasteiger partial charge in [0.05, 0.1) is 15.5 Å². The van der Waals surface area contributed by atoms with Crippen LogP contribution in [0.3, 0.4) is 0 Å².